The van der Waals surface area contributed by atoms with Gasteiger partial charge in [0.1, 0.15) is 5.76 Å². The summed E-state index contributed by atoms with van der Waals surface area (Å²) in [6.07, 6.45) is 0. The van der Waals surface area contributed by atoms with Gasteiger partial charge in [0.2, 0.25) is 6.79 Å². The predicted molar refractivity (Wildman–Crippen MR) is 139 cm³/mol. The number of carbonyl (C=O) groups is 2. The number of aliphatic hydroxyl groups excluding tert-OH is 1. The smallest absolute Gasteiger partial charge is 0.295 e. The van der Waals surface area contributed by atoms with Crippen molar-refractivity contribution in [3.63, 3.8) is 0 Å². The molecule has 1 amide bonds. The third kappa shape index (κ3) is 4.47. The fraction of sp³-hybridized carbons (Fsp3) is 0.241. The molecule has 9 heteroatoms. The van der Waals surface area contributed by atoms with Crippen molar-refractivity contribution < 1.29 is 29.1 Å². The van der Waals surface area contributed by atoms with Crippen LogP contribution in [0.4, 0.5) is 5.69 Å². The number of Topliss-reactive ketones (excluding diaryl/α,β-unsaturated/α-hetero) is 1. The predicted octanol–water partition coefficient (Wildman–Crippen LogP) is 5.24. The Hall–Kier alpha value is -4.66. The second-order valence-electron chi connectivity index (χ2n) is 10.3. The Morgan fingerprint density at radius 1 is 1.03 bits per heavy atom. The Labute approximate surface area is 219 Å². The van der Waals surface area contributed by atoms with E-state index in [0.717, 1.165) is 5.56 Å². The minimum absolute atomic E-state index is 0.0681. The molecule has 38 heavy (non-hydrogen) atoms. The molecule has 194 valence electrons. The molecule has 1 atom stereocenters. The summed E-state index contributed by atoms with van der Waals surface area (Å²) in [4.78, 5) is 38.8. The monoisotopic (exact) mass is 514 g/mol. The van der Waals surface area contributed by atoms with E-state index in [1.54, 1.807) is 18.2 Å². The summed E-state index contributed by atoms with van der Waals surface area (Å²) >= 11 is 0. The van der Waals surface area contributed by atoms with Gasteiger partial charge in [-0.25, -0.2) is 0 Å². The lowest BCUT2D eigenvalue weighted by molar-refractivity contribution is -0.384. The van der Waals surface area contributed by atoms with E-state index in [4.69, 9.17) is 9.47 Å². The normalized spacial score (nSPS) is 18.2. The number of rotatable bonds is 5. The van der Waals surface area contributed by atoms with Crippen molar-refractivity contribution in [3.8, 4) is 11.5 Å². The van der Waals surface area contributed by atoms with Gasteiger partial charge in [-0.15, -0.1) is 0 Å². The zero-order chi connectivity index (χ0) is 27.2. The van der Waals surface area contributed by atoms with E-state index >= 15 is 0 Å². The van der Waals surface area contributed by atoms with E-state index in [2.05, 4.69) is 20.8 Å². The molecule has 0 saturated carbocycles. The van der Waals surface area contributed by atoms with E-state index in [1.807, 2.05) is 24.3 Å². The molecule has 3 aromatic rings. The molecule has 1 N–H and O–H groups in total. The molecule has 1 fully saturated rings. The van der Waals surface area contributed by atoms with Crippen LogP contribution in [0, 0.1) is 10.1 Å². The number of amides is 1. The van der Waals surface area contributed by atoms with Crippen LogP contribution in [0.25, 0.3) is 5.76 Å². The first-order chi connectivity index (χ1) is 18.0. The topological polar surface area (TPSA) is 119 Å². The third-order valence-electron chi connectivity index (χ3n) is 6.75. The van der Waals surface area contributed by atoms with E-state index in [-0.39, 0.29) is 35.6 Å². The molecule has 0 radical (unpaired) electrons. The van der Waals surface area contributed by atoms with Crippen LogP contribution in [0.2, 0.25) is 0 Å². The number of hydrogen-bond acceptors (Lipinski definition) is 7. The average molecular weight is 515 g/mol. The number of ketones is 1. The Kier molecular flexibility index (Phi) is 6.14. The van der Waals surface area contributed by atoms with Gasteiger partial charge in [-0.3, -0.25) is 19.7 Å². The van der Waals surface area contributed by atoms with Crippen molar-refractivity contribution in [2.45, 2.75) is 38.8 Å². The number of aliphatic hydroxyl groups is 1. The van der Waals surface area contributed by atoms with Gasteiger partial charge in [0, 0.05) is 24.2 Å². The average Bonchev–Trinajstić information content (AvgIpc) is 3.46. The molecule has 3 aromatic carbocycles. The zero-order valence-corrected chi connectivity index (χ0v) is 21.1. The highest BCUT2D eigenvalue weighted by Gasteiger charge is 2.46. The number of likely N-dealkylation sites (tertiary alicyclic amines) is 1. The molecule has 2 aliphatic heterocycles. The van der Waals surface area contributed by atoms with Crippen LogP contribution < -0.4 is 9.47 Å². The molecule has 2 heterocycles. The fourth-order valence-corrected chi connectivity index (χ4v) is 4.71. The largest absolute Gasteiger partial charge is 0.507 e. The number of nitro groups is 1. The van der Waals surface area contributed by atoms with Gasteiger partial charge in [0.05, 0.1) is 16.5 Å². The summed E-state index contributed by atoms with van der Waals surface area (Å²) in [5.74, 6) is -0.970. The third-order valence-corrected chi connectivity index (χ3v) is 6.75. The van der Waals surface area contributed by atoms with E-state index in [9.17, 15) is 24.8 Å². The van der Waals surface area contributed by atoms with Crippen LogP contribution in [0.5, 0.6) is 11.5 Å². The van der Waals surface area contributed by atoms with Crippen molar-refractivity contribution in [2.75, 3.05) is 6.79 Å². The first kappa shape index (κ1) is 25.0. The Morgan fingerprint density at radius 2 is 1.74 bits per heavy atom. The Balaban J connectivity index is 1.62. The lowest BCUT2D eigenvalue weighted by atomic mass is 9.85. The van der Waals surface area contributed by atoms with E-state index in [1.165, 1.54) is 29.2 Å². The second kappa shape index (κ2) is 9.33. The summed E-state index contributed by atoms with van der Waals surface area (Å²) in [5, 5.41) is 22.6. The van der Waals surface area contributed by atoms with Gasteiger partial charge in [-0.1, -0.05) is 63.2 Å². The van der Waals surface area contributed by atoms with Crippen molar-refractivity contribution >= 4 is 23.1 Å². The van der Waals surface area contributed by atoms with Gasteiger partial charge in [-0.05, 0) is 34.2 Å². The molecule has 0 spiro atoms. The number of benzene rings is 3. The Bertz CT molecular complexity index is 1490. The van der Waals surface area contributed by atoms with Gasteiger partial charge in [-0.2, -0.15) is 0 Å². The highest BCUT2D eigenvalue weighted by atomic mass is 16.7. The first-order valence-electron chi connectivity index (χ1n) is 12.1. The molecular weight excluding hydrogens is 488 g/mol. The minimum Gasteiger partial charge on any atom is -0.507 e. The highest BCUT2D eigenvalue weighted by molar-refractivity contribution is 6.46. The molecule has 0 bridgehead atoms. The molecular formula is C29H26N2O7. The lowest BCUT2D eigenvalue weighted by Crippen LogP contribution is -2.29. The van der Waals surface area contributed by atoms with Crippen LogP contribution in [-0.4, -0.2) is 33.4 Å². The van der Waals surface area contributed by atoms with E-state index < -0.39 is 28.4 Å². The van der Waals surface area contributed by atoms with Crippen molar-refractivity contribution in [3.05, 3.63) is 105 Å². The van der Waals surface area contributed by atoms with Gasteiger partial charge in [0.15, 0.2) is 11.5 Å². The fourth-order valence-electron chi connectivity index (χ4n) is 4.71. The van der Waals surface area contributed by atoms with Gasteiger partial charge >= 0.3 is 0 Å². The number of fused-ring (bicyclic) bond motifs is 1. The van der Waals surface area contributed by atoms with Gasteiger partial charge < -0.3 is 19.5 Å². The molecule has 1 unspecified atom stereocenters. The summed E-state index contributed by atoms with van der Waals surface area (Å²) in [6.45, 7) is 6.41. The van der Waals surface area contributed by atoms with Gasteiger partial charge in [0.25, 0.3) is 17.4 Å². The second-order valence-corrected chi connectivity index (χ2v) is 10.3. The number of ether oxygens (including phenoxy) is 2. The van der Waals surface area contributed by atoms with E-state index in [0.29, 0.717) is 22.6 Å². The summed E-state index contributed by atoms with van der Waals surface area (Å²) in [5.41, 5.74) is 2.00. The standard InChI is InChI=1S/C29H26N2O7/c1-29(2,3)20-10-8-18(9-11-20)25-24(26(32)19-5-4-6-21(14-19)31(35)36)27(33)28(34)30(25)15-17-7-12-22-23(13-17)38-16-37-22/h4-14,25,32H,15-16H2,1-3H3/b26-24+. The lowest BCUT2D eigenvalue weighted by Gasteiger charge is -2.26. The van der Waals surface area contributed by atoms with Crippen molar-refractivity contribution in [1.82, 2.24) is 4.90 Å². The summed E-state index contributed by atoms with van der Waals surface area (Å²) < 4.78 is 10.8. The van der Waals surface area contributed by atoms with Crippen LogP contribution in [0.3, 0.4) is 0 Å². The zero-order valence-electron chi connectivity index (χ0n) is 21.1. The maximum atomic E-state index is 13.3. The van der Waals surface area contributed by atoms with Crippen LogP contribution in [0.15, 0.2) is 72.3 Å². The maximum absolute atomic E-state index is 13.3. The van der Waals surface area contributed by atoms with Crippen molar-refractivity contribution in [2.24, 2.45) is 0 Å². The Morgan fingerprint density at radius 3 is 2.42 bits per heavy atom. The number of nitrogens with zero attached hydrogens (tertiary/aromatic N) is 2. The van der Waals surface area contributed by atoms with Crippen LogP contribution >= 0.6 is 0 Å². The number of hydrogen-bond donors (Lipinski definition) is 1. The molecule has 0 aromatic heterocycles. The minimum atomic E-state index is -0.909. The SMILES string of the molecule is CC(C)(C)c1ccc(C2/C(=C(\O)c3cccc([N+](=O)[O-])c3)C(=O)C(=O)N2Cc2ccc3c(c2)OCO3)cc1. The molecule has 2 aliphatic rings. The quantitative estimate of drug-likeness (QED) is 0.163. The number of carbonyl (C=O) groups excluding carboxylic acids is 2. The van der Waals surface area contributed by atoms with Crippen LogP contribution in [-0.2, 0) is 21.5 Å². The highest BCUT2D eigenvalue weighted by Crippen LogP contribution is 2.42. The molecule has 0 aliphatic carbocycles. The number of nitro benzene ring substituents is 1. The van der Waals surface area contributed by atoms with Crippen molar-refractivity contribution in [1.29, 1.82) is 0 Å². The summed E-state index contributed by atoms with van der Waals surface area (Å²) in [7, 11) is 0. The molecule has 5 rings (SSSR count). The molecule has 9 nitrogen and oxygen atoms in total. The number of non-ortho nitro benzene ring substituents is 1. The maximum Gasteiger partial charge on any atom is 0.295 e. The summed E-state index contributed by atoms with van der Waals surface area (Å²) in [6, 6.07) is 17.3. The first-order valence-corrected chi connectivity index (χ1v) is 12.1. The van der Waals surface area contributed by atoms with Crippen LogP contribution in [0.1, 0.15) is 49.1 Å². The molecule has 1 saturated heterocycles.